The molecule has 0 aliphatic carbocycles. The summed E-state index contributed by atoms with van der Waals surface area (Å²) in [5, 5.41) is 0. The summed E-state index contributed by atoms with van der Waals surface area (Å²) in [7, 11) is 0. The molecule has 10 heavy (non-hydrogen) atoms. The number of thiophene rings is 1. The first-order valence-electron chi connectivity index (χ1n) is 3.25. The Morgan fingerprint density at radius 1 is 1.60 bits per heavy atom. The molecule has 0 fully saturated rings. The van der Waals surface area contributed by atoms with Gasteiger partial charge in [0.2, 0.25) is 0 Å². The molecule has 1 aromatic heterocycles. The maximum absolute atomic E-state index is 10.3. The predicted molar refractivity (Wildman–Crippen MR) is 43.5 cm³/mol. The molecule has 0 amide bonds. The average Bonchev–Trinajstić information content (AvgIpc) is 2.34. The van der Waals surface area contributed by atoms with E-state index in [-0.39, 0.29) is 5.92 Å². The molecule has 0 unspecified atom stereocenters. The second kappa shape index (κ2) is 2.97. The Hall–Kier alpha value is -0.630. The summed E-state index contributed by atoms with van der Waals surface area (Å²) in [5.41, 5.74) is 0. The number of carbonyl (C=O) groups excluding carboxylic acids is 1. The van der Waals surface area contributed by atoms with E-state index in [0.29, 0.717) is 0 Å². The minimum atomic E-state index is 0.0682. The van der Waals surface area contributed by atoms with E-state index in [1.165, 1.54) is 4.88 Å². The zero-order valence-electron chi connectivity index (χ0n) is 6.13. The van der Waals surface area contributed by atoms with Crippen LogP contribution in [0.5, 0.6) is 0 Å². The van der Waals surface area contributed by atoms with Crippen LogP contribution in [0.3, 0.4) is 0 Å². The van der Waals surface area contributed by atoms with Gasteiger partial charge in [0.1, 0.15) is 6.29 Å². The highest BCUT2D eigenvalue weighted by atomic mass is 32.1. The van der Waals surface area contributed by atoms with Gasteiger partial charge in [0.15, 0.2) is 0 Å². The van der Waals surface area contributed by atoms with Crippen LogP contribution in [0.1, 0.15) is 22.6 Å². The molecule has 2 heteroatoms. The van der Waals surface area contributed by atoms with Gasteiger partial charge in [-0.1, -0.05) is 6.92 Å². The molecule has 1 heterocycles. The van der Waals surface area contributed by atoms with Crippen molar-refractivity contribution in [3.05, 3.63) is 21.9 Å². The molecule has 54 valence electrons. The van der Waals surface area contributed by atoms with Crippen LogP contribution in [0, 0.1) is 6.92 Å². The van der Waals surface area contributed by atoms with Crippen LogP contribution in [0.4, 0.5) is 0 Å². The van der Waals surface area contributed by atoms with Gasteiger partial charge in [-0.05, 0) is 19.1 Å². The molecule has 1 rings (SSSR count). The first-order chi connectivity index (χ1) is 4.74. The van der Waals surface area contributed by atoms with Gasteiger partial charge in [-0.3, -0.25) is 0 Å². The Morgan fingerprint density at radius 2 is 2.30 bits per heavy atom. The van der Waals surface area contributed by atoms with Gasteiger partial charge in [-0.15, -0.1) is 11.3 Å². The lowest BCUT2D eigenvalue weighted by molar-refractivity contribution is -0.108. The smallest absolute Gasteiger partial charge is 0.127 e. The van der Waals surface area contributed by atoms with Crippen molar-refractivity contribution in [1.82, 2.24) is 0 Å². The quantitative estimate of drug-likeness (QED) is 0.598. The van der Waals surface area contributed by atoms with Crippen LogP contribution in [-0.2, 0) is 4.79 Å². The zero-order valence-corrected chi connectivity index (χ0v) is 6.94. The molecule has 1 aromatic rings. The molecule has 1 nitrogen and oxygen atoms in total. The van der Waals surface area contributed by atoms with Crippen LogP contribution >= 0.6 is 11.3 Å². The Kier molecular flexibility index (Phi) is 2.22. The van der Waals surface area contributed by atoms with E-state index in [4.69, 9.17) is 0 Å². The molecule has 0 aliphatic heterocycles. The molecule has 0 saturated heterocycles. The van der Waals surface area contributed by atoms with Gasteiger partial charge >= 0.3 is 0 Å². The standard InChI is InChI=1S/C8H10OS/c1-6(5-9)8-4-3-7(2)10-8/h3-6H,1-2H3/t6-/m0/s1. The highest BCUT2D eigenvalue weighted by molar-refractivity contribution is 7.12. The number of aryl methyl sites for hydroxylation is 1. The van der Waals surface area contributed by atoms with Crippen molar-refractivity contribution in [2.75, 3.05) is 0 Å². The molecule has 0 aliphatic rings. The molecule has 0 saturated carbocycles. The third-order valence-corrected chi connectivity index (χ3v) is 2.62. The third kappa shape index (κ3) is 1.45. The molecule has 0 N–H and O–H groups in total. The topological polar surface area (TPSA) is 17.1 Å². The number of hydrogen-bond acceptors (Lipinski definition) is 2. The Bertz CT molecular complexity index is 227. The van der Waals surface area contributed by atoms with E-state index in [9.17, 15) is 4.79 Å². The lowest BCUT2D eigenvalue weighted by Gasteiger charge is -1.95. The van der Waals surface area contributed by atoms with Gasteiger partial charge in [0, 0.05) is 15.7 Å². The van der Waals surface area contributed by atoms with Crippen LogP contribution in [0.2, 0.25) is 0 Å². The lowest BCUT2D eigenvalue weighted by atomic mass is 10.2. The largest absolute Gasteiger partial charge is 0.303 e. The fourth-order valence-corrected chi connectivity index (χ4v) is 1.65. The summed E-state index contributed by atoms with van der Waals surface area (Å²) in [4.78, 5) is 12.7. The maximum Gasteiger partial charge on any atom is 0.127 e. The summed E-state index contributed by atoms with van der Waals surface area (Å²) in [5.74, 6) is 0.0682. The Balaban J connectivity index is 2.84. The Morgan fingerprint density at radius 3 is 2.70 bits per heavy atom. The van der Waals surface area contributed by atoms with Crippen molar-refractivity contribution in [2.45, 2.75) is 19.8 Å². The van der Waals surface area contributed by atoms with Crippen LogP contribution in [0.25, 0.3) is 0 Å². The summed E-state index contributed by atoms with van der Waals surface area (Å²) in [6.07, 6.45) is 0.977. The fourth-order valence-electron chi connectivity index (χ4n) is 0.765. The van der Waals surface area contributed by atoms with Crippen molar-refractivity contribution in [3.63, 3.8) is 0 Å². The molecule has 0 radical (unpaired) electrons. The minimum absolute atomic E-state index is 0.0682. The average molecular weight is 154 g/mol. The second-order valence-corrected chi connectivity index (χ2v) is 3.69. The second-order valence-electron chi connectivity index (χ2n) is 2.37. The van der Waals surface area contributed by atoms with Crippen molar-refractivity contribution in [2.24, 2.45) is 0 Å². The predicted octanol–water partition coefficient (Wildman–Crippen LogP) is 2.36. The van der Waals surface area contributed by atoms with Crippen molar-refractivity contribution in [1.29, 1.82) is 0 Å². The molecular weight excluding hydrogens is 144 g/mol. The Labute approximate surface area is 64.7 Å². The third-order valence-electron chi connectivity index (χ3n) is 1.41. The highest BCUT2D eigenvalue weighted by Crippen LogP contribution is 2.22. The van der Waals surface area contributed by atoms with E-state index in [0.717, 1.165) is 11.2 Å². The van der Waals surface area contributed by atoms with Crippen LogP contribution in [-0.4, -0.2) is 6.29 Å². The van der Waals surface area contributed by atoms with Gasteiger partial charge in [-0.2, -0.15) is 0 Å². The van der Waals surface area contributed by atoms with E-state index in [2.05, 4.69) is 0 Å². The van der Waals surface area contributed by atoms with Crippen molar-refractivity contribution < 1.29 is 4.79 Å². The van der Waals surface area contributed by atoms with Crippen molar-refractivity contribution in [3.8, 4) is 0 Å². The lowest BCUT2D eigenvalue weighted by Crippen LogP contribution is -1.88. The van der Waals surface area contributed by atoms with E-state index in [1.807, 2.05) is 26.0 Å². The highest BCUT2D eigenvalue weighted by Gasteiger charge is 2.04. The van der Waals surface area contributed by atoms with Gasteiger partial charge in [0.05, 0.1) is 0 Å². The van der Waals surface area contributed by atoms with E-state index >= 15 is 0 Å². The van der Waals surface area contributed by atoms with Crippen LogP contribution in [0.15, 0.2) is 12.1 Å². The minimum Gasteiger partial charge on any atom is -0.303 e. The molecule has 1 atom stereocenters. The van der Waals surface area contributed by atoms with Crippen LogP contribution < -0.4 is 0 Å². The zero-order chi connectivity index (χ0) is 7.56. The summed E-state index contributed by atoms with van der Waals surface area (Å²) >= 11 is 1.69. The molecule has 0 spiro atoms. The summed E-state index contributed by atoms with van der Waals surface area (Å²) < 4.78 is 0. The molecule has 0 aromatic carbocycles. The summed E-state index contributed by atoms with van der Waals surface area (Å²) in [6.45, 7) is 3.96. The first kappa shape index (κ1) is 7.48. The monoisotopic (exact) mass is 154 g/mol. The first-order valence-corrected chi connectivity index (χ1v) is 4.07. The van der Waals surface area contributed by atoms with E-state index < -0.39 is 0 Å². The summed E-state index contributed by atoms with van der Waals surface area (Å²) in [6, 6.07) is 4.05. The SMILES string of the molecule is Cc1ccc([C@@H](C)C=O)s1. The number of hydrogen-bond donors (Lipinski definition) is 0. The normalized spacial score (nSPS) is 13.0. The maximum atomic E-state index is 10.3. The number of rotatable bonds is 2. The fraction of sp³-hybridized carbons (Fsp3) is 0.375. The number of carbonyl (C=O) groups is 1. The van der Waals surface area contributed by atoms with Gasteiger partial charge in [-0.25, -0.2) is 0 Å². The number of aldehydes is 1. The van der Waals surface area contributed by atoms with Crippen molar-refractivity contribution >= 4 is 17.6 Å². The van der Waals surface area contributed by atoms with Gasteiger partial charge in [0.25, 0.3) is 0 Å². The molecular formula is C8H10OS. The molecule has 0 bridgehead atoms. The van der Waals surface area contributed by atoms with E-state index in [1.54, 1.807) is 11.3 Å². The van der Waals surface area contributed by atoms with Gasteiger partial charge < -0.3 is 4.79 Å².